The summed E-state index contributed by atoms with van der Waals surface area (Å²) in [5.41, 5.74) is 3.76. The molecule has 10 nitrogen and oxygen atoms in total. The van der Waals surface area contributed by atoms with Crippen molar-refractivity contribution in [1.29, 1.82) is 0 Å². The van der Waals surface area contributed by atoms with Crippen LogP contribution in [0.2, 0.25) is 0 Å². The monoisotopic (exact) mass is 542 g/mol. The number of halogens is 2. The highest BCUT2D eigenvalue weighted by atomic mass is 32.1. The Morgan fingerprint density at radius 1 is 1.34 bits per heavy atom. The van der Waals surface area contributed by atoms with Crippen molar-refractivity contribution in [2.24, 2.45) is 12.0 Å². The lowest BCUT2D eigenvalue weighted by molar-refractivity contribution is -0.111. The van der Waals surface area contributed by atoms with Gasteiger partial charge in [0, 0.05) is 38.5 Å². The number of hydrogen-bond donors (Lipinski definition) is 3. The second-order valence-corrected chi connectivity index (χ2v) is 10.1. The smallest absolute Gasteiger partial charge is 0.387 e. The van der Waals surface area contributed by atoms with E-state index in [1.807, 2.05) is 37.5 Å². The number of aliphatic imine (C=N–C) groups is 1. The molecule has 38 heavy (non-hydrogen) atoms. The van der Waals surface area contributed by atoms with Crippen LogP contribution in [-0.2, 0) is 11.8 Å². The third-order valence-electron chi connectivity index (χ3n) is 6.46. The molecule has 0 saturated carbocycles. The van der Waals surface area contributed by atoms with Gasteiger partial charge in [-0.3, -0.25) is 9.48 Å². The van der Waals surface area contributed by atoms with Gasteiger partial charge in [0.05, 0.1) is 33.0 Å². The van der Waals surface area contributed by atoms with Gasteiger partial charge in [0.1, 0.15) is 5.69 Å². The molecular weight excluding hydrogens is 514 g/mol. The van der Waals surface area contributed by atoms with Gasteiger partial charge < -0.3 is 30.5 Å². The number of likely N-dealkylation sites (N-methyl/N-ethyl adjacent to an activating group) is 1. The first-order valence-corrected chi connectivity index (χ1v) is 12.8. The minimum Gasteiger partial charge on any atom is -0.433 e. The molecule has 4 heterocycles. The minimum absolute atomic E-state index is 0.0634. The van der Waals surface area contributed by atoms with Crippen molar-refractivity contribution in [3.63, 3.8) is 0 Å². The van der Waals surface area contributed by atoms with E-state index in [9.17, 15) is 13.6 Å². The molecule has 0 radical (unpaired) electrons. The molecule has 2 aromatic heterocycles. The zero-order valence-electron chi connectivity index (χ0n) is 21.1. The summed E-state index contributed by atoms with van der Waals surface area (Å²) in [7, 11) is 5.84. The first kappa shape index (κ1) is 25.7. The topological polar surface area (TPSA) is 99.0 Å². The van der Waals surface area contributed by atoms with E-state index in [-0.39, 0.29) is 11.4 Å². The summed E-state index contributed by atoms with van der Waals surface area (Å²) < 4.78 is 34.6. The van der Waals surface area contributed by atoms with E-state index in [4.69, 9.17) is 4.74 Å². The lowest BCUT2D eigenvalue weighted by Crippen LogP contribution is -2.57. The fourth-order valence-electron chi connectivity index (χ4n) is 4.36. The number of benzene rings is 1. The maximum absolute atomic E-state index is 13.4. The Morgan fingerprint density at radius 3 is 2.84 bits per heavy atom. The number of aromatic nitrogens is 2. The first-order valence-electron chi connectivity index (χ1n) is 11.9. The molecule has 1 saturated heterocycles. The Labute approximate surface area is 222 Å². The SMILES string of the molecule is C=CC(=O)Nc1cc(NC2N=CC=C(c3nn(C)c4ccsc34)N2)c(OC(F)F)cc1N1CC(N(C)C)C1. The van der Waals surface area contributed by atoms with Crippen molar-refractivity contribution < 1.29 is 18.3 Å². The number of alkyl halides is 2. The molecule has 1 amide bonds. The van der Waals surface area contributed by atoms with Gasteiger partial charge in [0.15, 0.2) is 12.0 Å². The summed E-state index contributed by atoms with van der Waals surface area (Å²) in [5, 5.41) is 15.8. The molecule has 13 heteroatoms. The minimum atomic E-state index is -3.04. The molecule has 200 valence electrons. The second kappa shape index (κ2) is 10.4. The van der Waals surface area contributed by atoms with E-state index in [1.165, 1.54) is 6.07 Å². The van der Waals surface area contributed by atoms with E-state index in [2.05, 4.69) is 37.5 Å². The lowest BCUT2D eigenvalue weighted by atomic mass is 10.0. The number of carbonyl (C=O) groups excluding carboxylic acids is 1. The maximum atomic E-state index is 13.4. The van der Waals surface area contributed by atoms with Gasteiger partial charge in [-0.2, -0.15) is 13.9 Å². The van der Waals surface area contributed by atoms with Crippen LogP contribution in [0.15, 0.2) is 47.3 Å². The van der Waals surface area contributed by atoms with E-state index < -0.39 is 18.8 Å². The van der Waals surface area contributed by atoms with Crippen LogP contribution < -0.4 is 25.6 Å². The molecular formula is C25H28F2N8O2S. The standard InChI is InChI=1S/C25H28F2N8O2S/c1-5-21(36)29-16-10-17(20(37-24(26)27)11-19(16)35-12-14(13-35)33(2)3)31-25-28-8-6-15(30-25)22-23-18(7-9-38-23)34(4)32-22/h5-11,14,24-25,30-31H,1,12-13H2,2-4H3,(H,29,36). The van der Waals surface area contributed by atoms with Crippen LogP contribution in [0.25, 0.3) is 15.9 Å². The average Bonchev–Trinajstić information content (AvgIpc) is 3.44. The number of hydrogen-bond acceptors (Lipinski definition) is 9. The van der Waals surface area contributed by atoms with Crippen molar-refractivity contribution >= 4 is 56.4 Å². The molecule has 1 fully saturated rings. The number of amides is 1. The molecule has 0 aliphatic carbocycles. The Bertz CT molecular complexity index is 1420. The summed E-state index contributed by atoms with van der Waals surface area (Å²) in [6, 6.07) is 5.39. The number of fused-ring (bicyclic) bond motifs is 1. The van der Waals surface area contributed by atoms with Gasteiger partial charge in [0.25, 0.3) is 0 Å². The van der Waals surface area contributed by atoms with Crippen molar-refractivity contribution in [1.82, 2.24) is 20.0 Å². The van der Waals surface area contributed by atoms with Crippen LogP contribution in [0, 0.1) is 0 Å². The Kier molecular flexibility index (Phi) is 7.04. The fourth-order valence-corrected chi connectivity index (χ4v) is 5.28. The molecule has 2 aliphatic heterocycles. The molecule has 2 aliphatic rings. The maximum Gasteiger partial charge on any atom is 0.387 e. The summed E-state index contributed by atoms with van der Waals surface area (Å²) in [4.78, 5) is 20.7. The summed E-state index contributed by atoms with van der Waals surface area (Å²) in [6.45, 7) is 1.83. The van der Waals surface area contributed by atoms with Gasteiger partial charge in [-0.25, -0.2) is 4.99 Å². The second-order valence-electron chi connectivity index (χ2n) is 9.14. The zero-order chi connectivity index (χ0) is 27.0. The Hall–Kier alpha value is -3.97. The summed E-state index contributed by atoms with van der Waals surface area (Å²) in [6.07, 6.45) is 3.88. The first-order chi connectivity index (χ1) is 18.2. The highest BCUT2D eigenvalue weighted by Crippen LogP contribution is 2.40. The fraction of sp³-hybridized carbons (Fsp3) is 0.320. The largest absolute Gasteiger partial charge is 0.433 e. The van der Waals surface area contributed by atoms with Crippen molar-refractivity contribution in [3.8, 4) is 5.75 Å². The van der Waals surface area contributed by atoms with Crippen LogP contribution >= 0.6 is 11.3 Å². The number of allylic oxidation sites excluding steroid dienone is 1. The molecule has 0 spiro atoms. The quantitative estimate of drug-likeness (QED) is 0.356. The highest BCUT2D eigenvalue weighted by Gasteiger charge is 2.31. The number of nitrogens with one attached hydrogen (secondary N) is 3. The van der Waals surface area contributed by atoms with Gasteiger partial charge in [0.2, 0.25) is 5.91 Å². The number of nitrogens with zero attached hydrogens (tertiary/aromatic N) is 5. The molecule has 3 N–H and O–H groups in total. The van der Waals surface area contributed by atoms with E-state index >= 15 is 0 Å². The molecule has 3 aromatic rings. The van der Waals surface area contributed by atoms with E-state index in [0.29, 0.717) is 30.5 Å². The van der Waals surface area contributed by atoms with Crippen molar-refractivity contribution in [2.75, 3.05) is 42.7 Å². The number of thiophene rings is 1. The van der Waals surface area contributed by atoms with Gasteiger partial charge in [-0.05, 0) is 43.8 Å². The lowest BCUT2D eigenvalue weighted by Gasteiger charge is -2.45. The number of rotatable bonds is 9. The number of anilines is 3. The normalized spacial score (nSPS) is 17.4. The van der Waals surface area contributed by atoms with E-state index in [1.54, 1.807) is 34.4 Å². The predicted octanol–water partition coefficient (Wildman–Crippen LogP) is 3.52. The highest BCUT2D eigenvalue weighted by molar-refractivity contribution is 7.17. The zero-order valence-corrected chi connectivity index (χ0v) is 21.9. The molecule has 1 unspecified atom stereocenters. The average molecular weight is 543 g/mol. The predicted molar refractivity (Wildman–Crippen MR) is 147 cm³/mol. The van der Waals surface area contributed by atoms with Crippen LogP contribution in [0.3, 0.4) is 0 Å². The Balaban J connectivity index is 1.44. The molecule has 1 atom stereocenters. The van der Waals surface area contributed by atoms with Crippen LogP contribution in [0.1, 0.15) is 5.69 Å². The summed E-state index contributed by atoms with van der Waals surface area (Å²) in [5.74, 6) is -0.481. The van der Waals surface area contributed by atoms with Crippen molar-refractivity contribution in [3.05, 3.63) is 48.0 Å². The Morgan fingerprint density at radius 2 is 2.13 bits per heavy atom. The number of ether oxygens (including phenoxy) is 1. The van der Waals surface area contributed by atoms with Crippen LogP contribution in [-0.4, -0.2) is 72.9 Å². The van der Waals surface area contributed by atoms with Crippen LogP contribution in [0.4, 0.5) is 25.8 Å². The molecule has 1 aromatic carbocycles. The molecule has 0 bridgehead atoms. The van der Waals surface area contributed by atoms with Crippen molar-refractivity contribution in [2.45, 2.75) is 18.9 Å². The molecule has 5 rings (SSSR count). The van der Waals surface area contributed by atoms with E-state index in [0.717, 1.165) is 27.7 Å². The van der Waals surface area contributed by atoms with Gasteiger partial charge in [-0.1, -0.05) is 6.58 Å². The van der Waals surface area contributed by atoms with Crippen LogP contribution in [0.5, 0.6) is 5.75 Å². The number of aryl methyl sites for hydroxylation is 1. The number of carbonyl (C=O) groups is 1. The van der Waals surface area contributed by atoms with Gasteiger partial charge in [-0.15, -0.1) is 11.3 Å². The summed E-state index contributed by atoms with van der Waals surface area (Å²) >= 11 is 1.58. The third kappa shape index (κ3) is 5.07. The third-order valence-corrected chi connectivity index (χ3v) is 7.37. The van der Waals surface area contributed by atoms with Gasteiger partial charge >= 0.3 is 6.61 Å².